The number of aliphatic carboxylic acids is 1. The number of benzene rings is 2. The molecule has 1 unspecified atom stereocenters. The van der Waals surface area contributed by atoms with E-state index >= 15 is 0 Å². The first-order valence-corrected chi connectivity index (χ1v) is 14.1. The third-order valence-electron chi connectivity index (χ3n) is 6.70. The number of phenolic OH excluding ortho intramolecular Hbond substituents is 1. The van der Waals surface area contributed by atoms with Gasteiger partial charge in [0.1, 0.15) is 5.75 Å². The van der Waals surface area contributed by atoms with Crippen LogP contribution in [0.3, 0.4) is 0 Å². The lowest BCUT2D eigenvalue weighted by Crippen LogP contribution is -2.37. The summed E-state index contributed by atoms with van der Waals surface area (Å²) in [6.45, 7) is 12.9. The van der Waals surface area contributed by atoms with Crippen LogP contribution in [0.1, 0.15) is 94.0 Å². The third-order valence-corrected chi connectivity index (χ3v) is 9.05. The SMILES string of the molecule is CC(C)c1cc(C(C)C)c(S(=O)(=O)C(C)(OC=O)c2ccc(C[C@H](N=C(N)N)C(=O)O)cc2O)c(C(C)C)c1. The quantitative estimate of drug-likeness (QED) is 0.170. The summed E-state index contributed by atoms with van der Waals surface area (Å²) < 4.78 is 34.3. The van der Waals surface area contributed by atoms with Gasteiger partial charge in [0.2, 0.25) is 14.8 Å². The Balaban J connectivity index is 2.81. The Morgan fingerprint density at radius 2 is 1.56 bits per heavy atom. The maximum Gasteiger partial charge on any atom is 0.328 e. The van der Waals surface area contributed by atoms with E-state index in [2.05, 4.69) is 4.99 Å². The maximum absolute atomic E-state index is 14.5. The summed E-state index contributed by atoms with van der Waals surface area (Å²) in [5, 5.41) is 20.4. The van der Waals surface area contributed by atoms with Crippen molar-refractivity contribution in [2.24, 2.45) is 16.5 Å². The molecule has 0 aliphatic heterocycles. The van der Waals surface area contributed by atoms with E-state index < -0.39 is 38.5 Å². The van der Waals surface area contributed by atoms with Crippen LogP contribution in [0.15, 0.2) is 40.2 Å². The second-order valence-electron chi connectivity index (χ2n) is 10.6. The van der Waals surface area contributed by atoms with E-state index in [0.717, 1.165) is 5.56 Å². The fourth-order valence-corrected chi connectivity index (χ4v) is 6.67. The van der Waals surface area contributed by atoms with Gasteiger partial charge in [-0.05, 0) is 59.1 Å². The van der Waals surface area contributed by atoms with Gasteiger partial charge in [-0.2, -0.15) is 0 Å². The molecule has 0 saturated carbocycles. The summed E-state index contributed by atoms with van der Waals surface area (Å²) >= 11 is 0. The first-order valence-electron chi connectivity index (χ1n) is 12.7. The Labute approximate surface area is 230 Å². The predicted molar refractivity (Wildman–Crippen MR) is 149 cm³/mol. The van der Waals surface area contributed by atoms with Gasteiger partial charge in [-0.25, -0.2) is 18.2 Å². The average Bonchev–Trinajstić information content (AvgIpc) is 2.82. The molecule has 0 radical (unpaired) electrons. The van der Waals surface area contributed by atoms with E-state index in [0.29, 0.717) is 16.7 Å². The van der Waals surface area contributed by atoms with Crippen LogP contribution >= 0.6 is 0 Å². The molecule has 0 aliphatic rings. The molecule has 0 amide bonds. The highest BCUT2D eigenvalue weighted by atomic mass is 32.2. The number of carboxylic acids is 1. The van der Waals surface area contributed by atoms with Crippen LogP contribution in [0.25, 0.3) is 0 Å². The Kier molecular flexibility index (Phi) is 9.78. The zero-order valence-electron chi connectivity index (χ0n) is 23.4. The molecule has 6 N–H and O–H groups in total. The van der Waals surface area contributed by atoms with Gasteiger partial charge in [0.15, 0.2) is 12.0 Å². The first kappa shape index (κ1) is 31.6. The molecule has 0 heterocycles. The molecule has 0 bridgehead atoms. The van der Waals surface area contributed by atoms with Crippen LogP contribution in [-0.2, 0) is 35.5 Å². The number of phenols is 1. The molecule has 2 aromatic carbocycles. The van der Waals surface area contributed by atoms with E-state index in [-0.39, 0.29) is 41.1 Å². The van der Waals surface area contributed by atoms with Gasteiger partial charge in [0, 0.05) is 6.42 Å². The molecular weight excluding hydrogens is 522 g/mol. The number of carboxylic acid groups (broad SMARTS) is 1. The second kappa shape index (κ2) is 12.1. The highest BCUT2D eigenvalue weighted by molar-refractivity contribution is 7.92. The lowest BCUT2D eigenvalue weighted by Gasteiger charge is -2.32. The average molecular weight is 562 g/mol. The number of sulfone groups is 1. The lowest BCUT2D eigenvalue weighted by atomic mass is 9.89. The molecule has 0 aliphatic carbocycles. The van der Waals surface area contributed by atoms with Crippen molar-refractivity contribution in [2.75, 3.05) is 0 Å². The Bertz CT molecular complexity index is 1330. The van der Waals surface area contributed by atoms with Crippen molar-refractivity contribution < 1.29 is 33.0 Å². The van der Waals surface area contributed by atoms with Crippen LogP contribution in [0.5, 0.6) is 5.75 Å². The molecule has 10 nitrogen and oxygen atoms in total. The van der Waals surface area contributed by atoms with Gasteiger partial charge < -0.3 is 26.4 Å². The lowest BCUT2D eigenvalue weighted by molar-refractivity contribution is -0.138. The molecule has 0 spiro atoms. The fraction of sp³-hybridized carbons (Fsp3) is 0.464. The van der Waals surface area contributed by atoms with E-state index in [1.165, 1.54) is 25.1 Å². The van der Waals surface area contributed by atoms with Gasteiger partial charge in [-0.1, -0.05) is 59.7 Å². The molecule has 2 aromatic rings. The van der Waals surface area contributed by atoms with Gasteiger partial charge in [0.05, 0.1) is 10.5 Å². The minimum Gasteiger partial charge on any atom is -0.507 e. The van der Waals surface area contributed by atoms with Gasteiger partial charge in [-0.3, -0.25) is 4.79 Å². The number of aromatic hydroxyl groups is 1. The molecule has 0 fully saturated rings. The smallest absolute Gasteiger partial charge is 0.328 e. The monoisotopic (exact) mass is 561 g/mol. The number of ether oxygens (including phenoxy) is 1. The van der Waals surface area contributed by atoms with Crippen LogP contribution in [0, 0.1) is 0 Å². The van der Waals surface area contributed by atoms with Crippen LogP contribution < -0.4 is 11.5 Å². The van der Waals surface area contributed by atoms with Crippen molar-refractivity contribution in [1.29, 1.82) is 0 Å². The summed E-state index contributed by atoms with van der Waals surface area (Å²) in [6, 6.07) is 6.37. The topological polar surface area (TPSA) is 182 Å². The van der Waals surface area contributed by atoms with E-state index in [1.807, 2.05) is 53.7 Å². The number of carbonyl (C=O) groups excluding carboxylic acids is 1. The number of carbonyl (C=O) groups is 2. The standard InChI is InChI=1S/C28H39N3O7S/c1-15(2)19-12-20(16(3)4)25(21(13-19)17(5)6)39(36,37)28(7,38-14-32)22-9-8-18(11-24(22)33)10-23(26(34)35)31-27(29)30/h8-9,11-17,23,33H,10H2,1-7H3,(H,34,35)(H4,29,30,31)/t23-,28?/m0/s1. The van der Waals surface area contributed by atoms with E-state index in [1.54, 1.807) is 0 Å². The number of hydrogen-bond donors (Lipinski definition) is 4. The van der Waals surface area contributed by atoms with Crippen LogP contribution in [0.2, 0.25) is 0 Å². The van der Waals surface area contributed by atoms with Gasteiger partial charge >= 0.3 is 5.97 Å². The van der Waals surface area contributed by atoms with Gasteiger partial charge in [-0.15, -0.1) is 0 Å². The van der Waals surface area contributed by atoms with Crippen LogP contribution in [0.4, 0.5) is 0 Å². The minimum absolute atomic E-state index is 0.0384. The van der Waals surface area contributed by atoms with Crippen molar-refractivity contribution >= 4 is 28.2 Å². The number of guanidine groups is 1. The van der Waals surface area contributed by atoms with E-state index in [4.69, 9.17) is 16.2 Å². The molecule has 2 rings (SSSR count). The predicted octanol–water partition coefficient (Wildman–Crippen LogP) is 3.85. The maximum atomic E-state index is 14.5. The number of aliphatic imine (C=N–C) groups is 1. The van der Waals surface area contributed by atoms with Crippen molar-refractivity contribution in [3.05, 3.63) is 58.1 Å². The normalized spacial score (nSPS) is 14.2. The Hall–Kier alpha value is -3.60. The third kappa shape index (κ3) is 6.52. The summed E-state index contributed by atoms with van der Waals surface area (Å²) in [5.41, 5.74) is 13.0. The van der Waals surface area contributed by atoms with Gasteiger partial charge in [0.25, 0.3) is 6.47 Å². The largest absolute Gasteiger partial charge is 0.507 e. The second-order valence-corrected chi connectivity index (χ2v) is 12.8. The molecular formula is C28H39N3O7S. The van der Waals surface area contributed by atoms with Crippen molar-refractivity contribution in [2.45, 2.75) is 88.5 Å². The van der Waals surface area contributed by atoms with Crippen LogP contribution in [-0.4, -0.2) is 43.1 Å². The molecule has 214 valence electrons. The summed E-state index contributed by atoms with van der Waals surface area (Å²) in [4.78, 5) is 24.7. The van der Waals surface area contributed by atoms with Crippen molar-refractivity contribution in [3.63, 3.8) is 0 Å². The fourth-order valence-electron chi connectivity index (χ4n) is 4.44. The number of rotatable bonds is 12. The highest BCUT2D eigenvalue weighted by Crippen LogP contribution is 2.45. The molecule has 11 heteroatoms. The number of nitrogens with two attached hydrogens (primary N) is 2. The summed E-state index contributed by atoms with van der Waals surface area (Å²) in [5.74, 6) is -2.38. The van der Waals surface area contributed by atoms with Crippen molar-refractivity contribution in [3.8, 4) is 5.75 Å². The molecule has 2 atom stereocenters. The first-order chi connectivity index (χ1) is 18.0. The molecule has 39 heavy (non-hydrogen) atoms. The minimum atomic E-state index is -4.46. The summed E-state index contributed by atoms with van der Waals surface area (Å²) in [7, 11) is -4.46. The molecule has 0 saturated heterocycles. The summed E-state index contributed by atoms with van der Waals surface area (Å²) in [6.07, 6.45) is -0.176. The number of nitrogens with zero attached hydrogens (tertiary/aromatic N) is 1. The number of hydrogen-bond acceptors (Lipinski definition) is 7. The molecule has 0 aromatic heterocycles. The zero-order chi connectivity index (χ0) is 29.9. The Morgan fingerprint density at radius 3 is 1.95 bits per heavy atom. The zero-order valence-corrected chi connectivity index (χ0v) is 24.2. The highest BCUT2D eigenvalue weighted by Gasteiger charge is 2.48. The van der Waals surface area contributed by atoms with E-state index in [9.17, 15) is 28.2 Å². The van der Waals surface area contributed by atoms with Crippen molar-refractivity contribution in [1.82, 2.24) is 0 Å². The Morgan fingerprint density at radius 1 is 1.03 bits per heavy atom.